The van der Waals surface area contributed by atoms with E-state index in [0.29, 0.717) is 0 Å². The van der Waals surface area contributed by atoms with Crippen molar-refractivity contribution in [2.75, 3.05) is 0 Å². The fourth-order valence-electron chi connectivity index (χ4n) is 2.38. The standard InChI is InChI=1S/C13H20N2O2/c1-2-15-9-3-4-12(15)13(17)14-10-5-7-11(16)8-6-10/h3-4,9-11,16H,2,5-8H2,1H3,(H,14,17). The first-order valence-electron chi connectivity index (χ1n) is 6.34. The van der Waals surface area contributed by atoms with E-state index in [2.05, 4.69) is 5.32 Å². The van der Waals surface area contributed by atoms with Crippen LogP contribution in [-0.4, -0.2) is 27.7 Å². The van der Waals surface area contributed by atoms with Crippen LogP contribution in [0.3, 0.4) is 0 Å². The van der Waals surface area contributed by atoms with Crippen LogP contribution in [-0.2, 0) is 6.54 Å². The molecule has 17 heavy (non-hydrogen) atoms. The molecule has 1 heterocycles. The Bertz CT molecular complexity index is 379. The summed E-state index contributed by atoms with van der Waals surface area (Å²) < 4.78 is 1.94. The number of carbonyl (C=O) groups is 1. The molecular formula is C13H20N2O2. The zero-order valence-electron chi connectivity index (χ0n) is 10.2. The quantitative estimate of drug-likeness (QED) is 0.836. The first-order chi connectivity index (χ1) is 8.20. The lowest BCUT2D eigenvalue weighted by molar-refractivity contribution is 0.0859. The molecule has 1 saturated carbocycles. The van der Waals surface area contributed by atoms with Gasteiger partial charge in [0.15, 0.2) is 0 Å². The third kappa shape index (κ3) is 2.88. The van der Waals surface area contributed by atoms with E-state index in [4.69, 9.17) is 0 Å². The van der Waals surface area contributed by atoms with Gasteiger partial charge in [-0.2, -0.15) is 0 Å². The van der Waals surface area contributed by atoms with Crippen molar-refractivity contribution in [1.29, 1.82) is 0 Å². The summed E-state index contributed by atoms with van der Waals surface area (Å²) in [6.45, 7) is 2.83. The minimum Gasteiger partial charge on any atom is -0.393 e. The monoisotopic (exact) mass is 236 g/mol. The molecule has 0 unspecified atom stereocenters. The molecule has 1 aliphatic rings. The number of hydrogen-bond donors (Lipinski definition) is 2. The molecule has 0 spiro atoms. The summed E-state index contributed by atoms with van der Waals surface area (Å²) in [7, 11) is 0. The highest BCUT2D eigenvalue weighted by Gasteiger charge is 2.21. The number of aliphatic hydroxyl groups is 1. The molecule has 0 atom stereocenters. The number of rotatable bonds is 3. The molecule has 0 aliphatic heterocycles. The first kappa shape index (κ1) is 12.2. The van der Waals surface area contributed by atoms with E-state index >= 15 is 0 Å². The molecular weight excluding hydrogens is 216 g/mol. The average molecular weight is 236 g/mol. The number of aliphatic hydroxyl groups excluding tert-OH is 1. The zero-order valence-corrected chi connectivity index (χ0v) is 10.2. The Hall–Kier alpha value is -1.29. The highest BCUT2D eigenvalue weighted by atomic mass is 16.3. The topological polar surface area (TPSA) is 54.3 Å². The summed E-state index contributed by atoms with van der Waals surface area (Å²) in [5.74, 6) is -0.00163. The number of amides is 1. The highest BCUT2D eigenvalue weighted by molar-refractivity contribution is 5.92. The van der Waals surface area contributed by atoms with E-state index in [-0.39, 0.29) is 18.1 Å². The van der Waals surface area contributed by atoms with Crippen molar-refractivity contribution >= 4 is 5.91 Å². The second-order valence-corrected chi connectivity index (χ2v) is 4.66. The van der Waals surface area contributed by atoms with Gasteiger partial charge in [0, 0.05) is 18.8 Å². The van der Waals surface area contributed by atoms with E-state index in [1.165, 1.54) is 0 Å². The molecule has 4 nitrogen and oxygen atoms in total. The van der Waals surface area contributed by atoms with Gasteiger partial charge in [0.05, 0.1) is 6.10 Å². The molecule has 94 valence electrons. The molecule has 1 aliphatic carbocycles. The van der Waals surface area contributed by atoms with Gasteiger partial charge in [-0.05, 0) is 44.7 Å². The van der Waals surface area contributed by atoms with Gasteiger partial charge in [-0.25, -0.2) is 0 Å². The van der Waals surface area contributed by atoms with Gasteiger partial charge in [0.2, 0.25) is 0 Å². The molecule has 1 fully saturated rings. The van der Waals surface area contributed by atoms with Crippen LogP contribution in [0.5, 0.6) is 0 Å². The summed E-state index contributed by atoms with van der Waals surface area (Å²) >= 11 is 0. The summed E-state index contributed by atoms with van der Waals surface area (Å²) in [6, 6.07) is 3.95. The van der Waals surface area contributed by atoms with Crippen molar-refractivity contribution in [3.63, 3.8) is 0 Å². The van der Waals surface area contributed by atoms with Crippen LogP contribution in [0.15, 0.2) is 18.3 Å². The lowest BCUT2D eigenvalue weighted by Crippen LogP contribution is -2.39. The van der Waals surface area contributed by atoms with E-state index in [0.717, 1.165) is 37.9 Å². The zero-order chi connectivity index (χ0) is 12.3. The Morgan fingerprint density at radius 3 is 2.82 bits per heavy atom. The number of nitrogens with zero attached hydrogens (tertiary/aromatic N) is 1. The third-order valence-electron chi connectivity index (χ3n) is 3.43. The van der Waals surface area contributed by atoms with E-state index in [1.54, 1.807) is 0 Å². The third-order valence-corrected chi connectivity index (χ3v) is 3.43. The van der Waals surface area contributed by atoms with Crippen molar-refractivity contribution < 1.29 is 9.90 Å². The van der Waals surface area contributed by atoms with Crippen LogP contribution >= 0.6 is 0 Å². The van der Waals surface area contributed by atoms with Crippen LogP contribution in [0.4, 0.5) is 0 Å². The van der Waals surface area contributed by atoms with E-state index in [9.17, 15) is 9.90 Å². The Morgan fingerprint density at radius 2 is 2.18 bits per heavy atom. The minimum absolute atomic E-state index is 0.00163. The van der Waals surface area contributed by atoms with E-state index in [1.807, 2.05) is 29.8 Å². The summed E-state index contributed by atoms with van der Waals surface area (Å²) in [4.78, 5) is 12.0. The molecule has 0 radical (unpaired) electrons. The molecule has 1 aromatic heterocycles. The fraction of sp³-hybridized carbons (Fsp3) is 0.615. The molecule has 1 aromatic rings. The lowest BCUT2D eigenvalue weighted by Gasteiger charge is -2.26. The number of aromatic nitrogens is 1. The van der Waals surface area contributed by atoms with Crippen LogP contribution in [0.1, 0.15) is 43.1 Å². The van der Waals surface area contributed by atoms with Crippen molar-refractivity contribution in [2.45, 2.75) is 51.3 Å². The Kier molecular flexibility index (Phi) is 3.84. The molecule has 1 amide bonds. The van der Waals surface area contributed by atoms with Crippen LogP contribution in [0.2, 0.25) is 0 Å². The maximum atomic E-state index is 12.0. The Labute approximate surface area is 102 Å². The van der Waals surface area contributed by atoms with Gasteiger partial charge in [-0.3, -0.25) is 4.79 Å². The Morgan fingerprint density at radius 1 is 1.47 bits per heavy atom. The molecule has 2 rings (SSSR count). The maximum absolute atomic E-state index is 12.0. The maximum Gasteiger partial charge on any atom is 0.268 e. The molecule has 0 aromatic carbocycles. The smallest absolute Gasteiger partial charge is 0.268 e. The predicted molar refractivity (Wildman–Crippen MR) is 65.8 cm³/mol. The van der Waals surface area contributed by atoms with E-state index < -0.39 is 0 Å². The fourth-order valence-corrected chi connectivity index (χ4v) is 2.38. The Balaban J connectivity index is 1.93. The normalized spacial score (nSPS) is 24.6. The summed E-state index contributed by atoms with van der Waals surface area (Å²) in [6.07, 6.45) is 5.07. The van der Waals surface area contributed by atoms with Crippen LogP contribution < -0.4 is 5.32 Å². The largest absolute Gasteiger partial charge is 0.393 e. The second-order valence-electron chi connectivity index (χ2n) is 4.66. The predicted octanol–water partition coefficient (Wildman–Crippen LogP) is 1.54. The first-order valence-corrected chi connectivity index (χ1v) is 6.34. The van der Waals surface area contributed by atoms with Crippen LogP contribution in [0, 0.1) is 0 Å². The van der Waals surface area contributed by atoms with Crippen molar-refractivity contribution in [1.82, 2.24) is 9.88 Å². The molecule has 2 N–H and O–H groups in total. The van der Waals surface area contributed by atoms with Crippen molar-refractivity contribution in [3.8, 4) is 0 Å². The second kappa shape index (κ2) is 5.36. The number of aryl methyl sites for hydroxylation is 1. The van der Waals surface area contributed by atoms with Crippen molar-refractivity contribution in [2.24, 2.45) is 0 Å². The number of carbonyl (C=O) groups excluding carboxylic acids is 1. The summed E-state index contributed by atoms with van der Waals surface area (Å²) in [5.41, 5.74) is 0.721. The summed E-state index contributed by atoms with van der Waals surface area (Å²) in [5, 5.41) is 12.5. The number of nitrogens with one attached hydrogen (secondary N) is 1. The van der Waals surface area contributed by atoms with Gasteiger partial charge in [-0.15, -0.1) is 0 Å². The average Bonchev–Trinajstić information content (AvgIpc) is 2.80. The lowest BCUT2D eigenvalue weighted by atomic mass is 9.93. The molecule has 0 saturated heterocycles. The van der Waals surface area contributed by atoms with Gasteiger partial charge >= 0.3 is 0 Å². The SMILES string of the molecule is CCn1cccc1C(=O)NC1CCC(O)CC1. The van der Waals surface area contributed by atoms with Gasteiger partial charge in [-0.1, -0.05) is 0 Å². The van der Waals surface area contributed by atoms with Gasteiger partial charge < -0.3 is 15.0 Å². The molecule has 4 heteroatoms. The molecule has 0 bridgehead atoms. The minimum atomic E-state index is -0.178. The van der Waals surface area contributed by atoms with Gasteiger partial charge in [0.25, 0.3) is 5.91 Å². The number of hydrogen-bond acceptors (Lipinski definition) is 2. The van der Waals surface area contributed by atoms with Crippen LogP contribution in [0.25, 0.3) is 0 Å². The van der Waals surface area contributed by atoms with Crippen molar-refractivity contribution in [3.05, 3.63) is 24.0 Å². The van der Waals surface area contributed by atoms with Gasteiger partial charge in [0.1, 0.15) is 5.69 Å². The highest BCUT2D eigenvalue weighted by Crippen LogP contribution is 2.18.